The van der Waals surface area contributed by atoms with Crippen LogP contribution in [0, 0.1) is 5.92 Å². The van der Waals surface area contributed by atoms with Crippen molar-refractivity contribution in [1.82, 2.24) is 15.4 Å². The lowest BCUT2D eigenvalue weighted by atomic mass is 9.93. The van der Waals surface area contributed by atoms with E-state index in [0.717, 1.165) is 25.9 Å². The van der Waals surface area contributed by atoms with Gasteiger partial charge in [0, 0.05) is 31.1 Å². The van der Waals surface area contributed by atoms with Crippen LogP contribution in [0.2, 0.25) is 0 Å². The quantitative estimate of drug-likeness (QED) is 0.410. The Morgan fingerprint density at radius 3 is 2.42 bits per heavy atom. The number of nitrogens with one attached hydrogen (secondary N) is 3. The lowest BCUT2D eigenvalue weighted by molar-refractivity contribution is 0.404. The fourth-order valence-electron chi connectivity index (χ4n) is 3.34. The molecule has 0 bridgehead atoms. The lowest BCUT2D eigenvalue weighted by Crippen LogP contribution is -2.43. The monoisotopic (exact) mass is 351 g/mol. The Bertz CT molecular complexity index is 479. The SMILES string of the molecule is CCC1=C(C)C(C)=CC(C(CCNSC)NCC(C)NC)C=C1C. The van der Waals surface area contributed by atoms with Crippen molar-refractivity contribution < 1.29 is 0 Å². The van der Waals surface area contributed by atoms with E-state index in [9.17, 15) is 0 Å². The van der Waals surface area contributed by atoms with Crippen LogP contribution in [0.5, 0.6) is 0 Å². The van der Waals surface area contributed by atoms with E-state index in [1.54, 1.807) is 11.9 Å². The maximum absolute atomic E-state index is 3.80. The summed E-state index contributed by atoms with van der Waals surface area (Å²) in [4.78, 5) is 0. The Labute approximate surface area is 154 Å². The van der Waals surface area contributed by atoms with Crippen LogP contribution in [0.3, 0.4) is 0 Å². The zero-order valence-electron chi connectivity index (χ0n) is 16.6. The van der Waals surface area contributed by atoms with E-state index < -0.39 is 0 Å². The Balaban J connectivity index is 2.97. The van der Waals surface area contributed by atoms with Crippen molar-refractivity contribution in [3.8, 4) is 0 Å². The van der Waals surface area contributed by atoms with E-state index in [-0.39, 0.29) is 0 Å². The van der Waals surface area contributed by atoms with Crippen molar-refractivity contribution in [2.75, 3.05) is 26.4 Å². The molecular formula is C20H37N3S. The molecule has 0 aromatic rings. The summed E-state index contributed by atoms with van der Waals surface area (Å²) in [6, 6.07) is 0.933. The molecule has 0 heterocycles. The van der Waals surface area contributed by atoms with Crippen molar-refractivity contribution in [1.29, 1.82) is 0 Å². The van der Waals surface area contributed by atoms with Gasteiger partial charge in [0.2, 0.25) is 0 Å². The maximum atomic E-state index is 3.80. The minimum absolute atomic E-state index is 0.441. The van der Waals surface area contributed by atoms with Gasteiger partial charge in [-0.2, -0.15) is 0 Å². The van der Waals surface area contributed by atoms with Gasteiger partial charge in [-0.15, -0.1) is 0 Å². The molecule has 1 aliphatic rings. The van der Waals surface area contributed by atoms with Gasteiger partial charge in [0.05, 0.1) is 0 Å². The molecule has 1 aliphatic carbocycles. The molecule has 4 heteroatoms. The van der Waals surface area contributed by atoms with E-state index in [4.69, 9.17) is 0 Å². The van der Waals surface area contributed by atoms with Gasteiger partial charge in [0.1, 0.15) is 0 Å². The summed E-state index contributed by atoms with van der Waals surface area (Å²) in [6.07, 6.45) is 9.25. The van der Waals surface area contributed by atoms with Crippen LogP contribution in [0.15, 0.2) is 34.4 Å². The molecule has 0 spiro atoms. The Morgan fingerprint density at radius 1 is 1.17 bits per heavy atom. The summed E-state index contributed by atoms with van der Waals surface area (Å²) >= 11 is 1.70. The standard InChI is InChI=1S/C20H37N3S/c1-8-19-15(3)12-18(11-14(2)17(19)5)20(9-10-23-24-7)22-13-16(4)21-6/h11-12,16,18,20-23H,8-10,13H2,1-7H3. The molecule has 3 N–H and O–H groups in total. The van der Waals surface area contributed by atoms with Crippen molar-refractivity contribution in [3.05, 3.63) is 34.4 Å². The van der Waals surface area contributed by atoms with Gasteiger partial charge < -0.3 is 10.6 Å². The number of allylic oxidation sites excluding steroid dienone is 4. The highest BCUT2D eigenvalue weighted by Gasteiger charge is 2.21. The molecular weight excluding hydrogens is 314 g/mol. The molecule has 1 rings (SSSR count). The Kier molecular flexibility index (Phi) is 9.98. The number of hydrogen-bond donors (Lipinski definition) is 3. The number of hydrogen-bond acceptors (Lipinski definition) is 4. The van der Waals surface area contributed by atoms with Crippen LogP contribution >= 0.6 is 11.9 Å². The Hall–Kier alpha value is -0.550. The fraction of sp³-hybridized carbons (Fsp3) is 0.700. The van der Waals surface area contributed by atoms with E-state index in [1.807, 2.05) is 7.05 Å². The summed E-state index contributed by atoms with van der Waals surface area (Å²) in [5.74, 6) is 0.441. The molecule has 0 radical (unpaired) electrons. The molecule has 0 aromatic carbocycles. The molecule has 3 atom stereocenters. The molecule has 138 valence electrons. The predicted molar refractivity (Wildman–Crippen MR) is 110 cm³/mol. The second-order valence-electron chi connectivity index (χ2n) is 6.83. The van der Waals surface area contributed by atoms with Crippen molar-refractivity contribution in [2.24, 2.45) is 5.92 Å². The van der Waals surface area contributed by atoms with Gasteiger partial charge in [-0.25, -0.2) is 0 Å². The van der Waals surface area contributed by atoms with Crippen molar-refractivity contribution in [3.63, 3.8) is 0 Å². The van der Waals surface area contributed by atoms with Gasteiger partial charge in [0.25, 0.3) is 0 Å². The van der Waals surface area contributed by atoms with Crippen molar-refractivity contribution >= 4 is 11.9 Å². The second kappa shape index (κ2) is 11.1. The minimum Gasteiger partial charge on any atom is -0.316 e. The summed E-state index contributed by atoms with van der Waals surface area (Å²) in [6.45, 7) is 13.3. The Morgan fingerprint density at radius 2 is 1.83 bits per heavy atom. The average molecular weight is 352 g/mol. The largest absolute Gasteiger partial charge is 0.316 e. The third-order valence-electron chi connectivity index (χ3n) is 5.10. The third kappa shape index (κ3) is 6.40. The first-order chi connectivity index (χ1) is 11.4. The fourth-order valence-corrected chi connectivity index (χ4v) is 3.66. The summed E-state index contributed by atoms with van der Waals surface area (Å²) in [5, 5.41) is 7.12. The predicted octanol–water partition coefficient (Wildman–Crippen LogP) is 4.06. The van der Waals surface area contributed by atoms with Crippen LogP contribution in [-0.4, -0.2) is 38.5 Å². The normalized spacial score (nSPS) is 21.2. The first-order valence-corrected chi connectivity index (χ1v) is 10.4. The average Bonchev–Trinajstić information content (AvgIpc) is 2.67. The molecule has 0 saturated carbocycles. The molecule has 0 amide bonds. The first-order valence-electron chi connectivity index (χ1n) is 9.18. The minimum atomic E-state index is 0.441. The second-order valence-corrected chi connectivity index (χ2v) is 7.52. The van der Waals surface area contributed by atoms with Crippen LogP contribution in [-0.2, 0) is 0 Å². The zero-order valence-corrected chi connectivity index (χ0v) is 17.4. The molecule has 24 heavy (non-hydrogen) atoms. The van der Waals surface area contributed by atoms with Gasteiger partial charge in [-0.1, -0.05) is 42.2 Å². The van der Waals surface area contributed by atoms with Crippen LogP contribution in [0.25, 0.3) is 0 Å². The molecule has 0 aromatic heterocycles. The van der Waals surface area contributed by atoms with Gasteiger partial charge in [-0.3, -0.25) is 4.72 Å². The zero-order chi connectivity index (χ0) is 18.1. The van der Waals surface area contributed by atoms with E-state index in [1.165, 1.54) is 22.3 Å². The molecule has 3 nitrogen and oxygen atoms in total. The topological polar surface area (TPSA) is 36.1 Å². The van der Waals surface area contributed by atoms with Crippen LogP contribution < -0.4 is 15.4 Å². The lowest BCUT2D eigenvalue weighted by Gasteiger charge is -2.26. The van der Waals surface area contributed by atoms with E-state index in [2.05, 4.69) is 68.4 Å². The van der Waals surface area contributed by atoms with Crippen molar-refractivity contribution in [2.45, 2.75) is 59.5 Å². The summed E-state index contributed by atoms with van der Waals surface area (Å²) < 4.78 is 3.40. The summed E-state index contributed by atoms with van der Waals surface area (Å²) in [7, 11) is 2.02. The summed E-state index contributed by atoms with van der Waals surface area (Å²) in [5.41, 5.74) is 5.84. The molecule has 0 saturated heterocycles. The molecule has 0 aliphatic heterocycles. The van der Waals surface area contributed by atoms with Crippen LogP contribution in [0.4, 0.5) is 0 Å². The third-order valence-corrected chi connectivity index (χ3v) is 5.60. The highest BCUT2D eigenvalue weighted by atomic mass is 32.2. The maximum Gasteiger partial charge on any atom is 0.0178 e. The number of likely N-dealkylation sites (N-methyl/N-ethyl adjacent to an activating group) is 1. The van der Waals surface area contributed by atoms with Crippen LogP contribution in [0.1, 0.15) is 47.5 Å². The molecule has 3 unspecified atom stereocenters. The smallest absolute Gasteiger partial charge is 0.0178 e. The first kappa shape index (κ1) is 21.5. The van der Waals surface area contributed by atoms with E-state index in [0.29, 0.717) is 18.0 Å². The van der Waals surface area contributed by atoms with Gasteiger partial charge >= 0.3 is 0 Å². The highest BCUT2D eigenvalue weighted by molar-refractivity contribution is 7.96. The highest BCUT2D eigenvalue weighted by Crippen LogP contribution is 2.30. The molecule has 0 fully saturated rings. The van der Waals surface area contributed by atoms with Gasteiger partial charge in [0.15, 0.2) is 0 Å². The van der Waals surface area contributed by atoms with E-state index >= 15 is 0 Å². The number of rotatable bonds is 10. The van der Waals surface area contributed by atoms with Gasteiger partial charge in [-0.05, 0) is 65.0 Å².